The van der Waals surface area contributed by atoms with E-state index in [9.17, 15) is 4.79 Å². The number of aliphatic imine (C=N–C) groups is 1. The van der Waals surface area contributed by atoms with Crippen LogP contribution in [0.1, 0.15) is 47.2 Å². The SMILES string of the molecule is O=C(NN1CCCCCC1)c1ccc2c(c1)N=C(c1ccccc1Cl)c1ccccc1S2. The molecule has 0 aromatic heterocycles. The second-order valence-corrected chi connectivity index (χ2v) is 9.55. The zero-order chi connectivity index (χ0) is 21.9. The predicted octanol–water partition coefficient (Wildman–Crippen LogP) is 6.49. The molecule has 0 aliphatic carbocycles. The minimum atomic E-state index is -0.0871. The number of carbonyl (C=O) groups excluding carboxylic acids is 1. The molecule has 0 spiro atoms. The lowest BCUT2D eigenvalue weighted by atomic mass is 10.0. The molecule has 32 heavy (non-hydrogen) atoms. The van der Waals surface area contributed by atoms with Crippen LogP contribution in [0, 0.1) is 0 Å². The second kappa shape index (κ2) is 9.49. The van der Waals surface area contributed by atoms with Gasteiger partial charge in [0.15, 0.2) is 0 Å². The average Bonchev–Trinajstić information content (AvgIpc) is 3.16. The Bertz CT molecular complexity index is 1190. The number of hydrogen-bond donors (Lipinski definition) is 1. The lowest BCUT2D eigenvalue weighted by molar-refractivity contribution is 0.0794. The zero-order valence-electron chi connectivity index (χ0n) is 17.7. The number of rotatable bonds is 3. The third kappa shape index (κ3) is 4.46. The third-order valence-corrected chi connectivity index (χ3v) is 7.28. The fourth-order valence-electron chi connectivity index (χ4n) is 4.13. The van der Waals surface area contributed by atoms with Gasteiger partial charge in [0, 0.05) is 44.6 Å². The lowest BCUT2D eigenvalue weighted by Gasteiger charge is -2.21. The van der Waals surface area contributed by atoms with E-state index in [-0.39, 0.29) is 5.91 Å². The number of fused-ring (bicyclic) bond motifs is 2. The number of nitrogens with zero attached hydrogens (tertiary/aromatic N) is 2. The van der Waals surface area contributed by atoms with Crippen molar-refractivity contribution in [3.8, 4) is 0 Å². The molecule has 5 rings (SSSR count). The molecule has 0 radical (unpaired) electrons. The van der Waals surface area contributed by atoms with E-state index in [2.05, 4.69) is 17.6 Å². The maximum atomic E-state index is 13.0. The van der Waals surface area contributed by atoms with E-state index < -0.39 is 0 Å². The number of benzene rings is 3. The highest BCUT2D eigenvalue weighted by molar-refractivity contribution is 7.99. The van der Waals surface area contributed by atoms with Gasteiger partial charge in [-0.1, -0.05) is 72.6 Å². The highest BCUT2D eigenvalue weighted by Crippen LogP contribution is 2.42. The Morgan fingerprint density at radius 2 is 1.59 bits per heavy atom. The van der Waals surface area contributed by atoms with Crippen LogP contribution < -0.4 is 5.43 Å². The fourth-order valence-corrected chi connectivity index (χ4v) is 5.36. The molecular weight excluding hydrogens is 438 g/mol. The molecule has 0 bridgehead atoms. The van der Waals surface area contributed by atoms with Crippen molar-refractivity contribution in [2.24, 2.45) is 4.99 Å². The summed E-state index contributed by atoms with van der Waals surface area (Å²) in [6.07, 6.45) is 4.68. The first-order valence-corrected chi connectivity index (χ1v) is 12.2. The van der Waals surface area contributed by atoms with Crippen LogP contribution in [0.4, 0.5) is 5.69 Å². The van der Waals surface area contributed by atoms with Crippen LogP contribution in [0.3, 0.4) is 0 Å². The third-order valence-electron chi connectivity index (χ3n) is 5.81. The predicted molar refractivity (Wildman–Crippen MR) is 131 cm³/mol. The summed E-state index contributed by atoms with van der Waals surface area (Å²) in [5.74, 6) is -0.0871. The van der Waals surface area contributed by atoms with Crippen molar-refractivity contribution < 1.29 is 4.79 Å². The highest BCUT2D eigenvalue weighted by atomic mass is 35.5. The molecule has 162 valence electrons. The van der Waals surface area contributed by atoms with Crippen molar-refractivity contribution in [3.05, 3.63) is 88.4 Å². The van der Waals surface area contributed by atoms with Gasteiger partial charge in [0.05, 0.1) is 11.4 Å². The zero-order valence-corrected chi connectivity index (χ0v) is 19.3. The summed E-state index contributed by atoms with van der Waals surface area (Å²) in [4.78, 5) is 20.2. The van der Waals surface area contributed by atoms with E-state index in [0.717, 1.165) is 58.2 Å². The Hall–Kier alpha value is -2.60. The number of hydrogen-bond acceptors (Lipinski definition) is 4. The van der Waals surface area contributed by atoms with Gasteiger partial charge >= 0.3 is 0 Å². The summed E-state index contributed by atoms with van der Waals surface area (Å²) in [5.41, 5.74) is 7.22. The van der Waals surface area contributed by atoms with Crippen LogP contribution >= 0.6 is 23.4 Å². The van der Waals surface area contributed by atoms with Crippen LogP contribution in [0.15, 0.2) is 81.5 Å². The molecule has 1 amide bonds. The summed E-state index contributed by atoms with van der Waals surface area (Å²) >= 11 is 8.22. The first-order chi connectivity index (χ1) is 15.7. The first kappa shape index (κ1) is 21.3. The number of halogens is 1. The topological polar surface area (TPSA) is 44.7 Å². The minimum absolute atomic E-state index is 0.0871. The highest BCUT2D eigenvalue weighted by Gasteiger charge is 2.21. The summed E-state index contributed by atoms with van der Waals surface area (Å²) in [6, 6.07) is 21.7. The Balaban J connectivity index is 1.53. The van der Waals surface area contributed by atoms with Crippen molar-refractivity contribution in [3.63, 3.8) is 0 Å². The Morgan fingerprint density at radius 1 is 0.875 bits per heavy atom. The van der Waals surface area contributed by atoms with Crippen LogP contribution in [0.25, 0.3) is 0 Å². The number of nitrogens with one attached hydrogen (secondary N) is 1. The molecule has 1 N–H and O–H groups in total. The van der Waals surface area contributed by atoms with Crippen LogP contribution in [-0.4, -0.2) is 29.7 Å². The standard InChI is InChI=1S/C26H24ClN3OS/c27-21-11-5-3-9-19(21)25-20-10-4-6-12-23(20)32-24-14-13-18(17-22(24)28-25)26(31)29-30-15-7-1-2-8-16-30/h3-6,9-14,17H,1-2,7-8,15-16H2,(H,29,31). The van der Waals surface area contributed by atoms with Crippen molar-refractivity contribution >= 4 is 40.7 Å². The van der Waals surface area contributed by atoms with Gasteiger partial charge in [-0.3, -0.25) is 10.2 Å². The average molecular weight is 462 g/mol. The summed E-state index contributed by atoms with van der Waals surface area (Å²) < 4.78 is 0. The maximum Gasteiger partial charge on any atom is 0.265 e. The molecule has 3 aromatic rings. The molecular formula is C26H24ClN3OS. The lowest BCUT2D eigenvalue weighted by Crippen LogP contribution is -2.42. The normalized spacial score (nSPS) is 16.2. The van der Waals surface area contributed by atoms with Crippen molar-refractivity contribution in [1.82, 2.24) is 10.4 Å². The van der Waals surface area contributed by atoms with E-state index in [1.54, 1.807) is 11.8 Å². The van der Waals surface area contributed by atoms with Gasteiger partial charge in [0.1, 0.15) is 0 Å². The van der Waals surface area contributed by atoms with Gasteiger partial charge in [0.25, 0.3) is 5.91 Å². The van der Waals surface area contributed by atoms with Gasteiger partial charge in [-0.15, -0.1) is 0 Å². The molecule has 0 atom stereocenters. The molecule has 1 fully saturated rings. The second-order valence-electron chi connectivity index (χ2n) is 8.06. The van der Waals surface area contributed by atoms with Gasteiger partial charge < -0.3 is 0 Å². The van der Waals surface area contributed by atoms with Gasteiger partial charge in [-0.2, -0.15) is 0 Å². The molecule has 6 heteroatoms. The Kier molecular flexibility index (Phi) is 6.30. The van der Waals surface area contributed by atoms with E-state index in [1.165, 1.54) is 12.8 Å². The van der Waals surface area contributed by atoms with Crippen LogP contribution in [-0.2, 0) is 0 Å². The molecule has 2 aliphatic heterocycles. The van der Waals surface area contributed by atoms with Gasteiger partial charge in [0.2, 0.25) is 0 Å². The molecule has 0 unspecified atom stereocenters. The quantitative estimate of drug-likeness (QED) is 0.379. The monoisotopic (exact) mass is 461 g/mol. The first-order valence-electron chi connectivity index (χ1n) is 11.0. The largest absolute Gasteiger partial charge is 0.285 e. The number of hydrazine groups is 1. The van der Waals surface area contributed by atoms with Crippen molar-refractivity contribution in [2.45, 2.75) is 35.5 Å². The summed E-state index contributed by atoms with van der Waals surface area (Å²) in [7, 11) is 0. The van der Waals surface area contributed by atoms with Crippen molar-refractivity contribution in [2.75, 3.05) is 13.1 Å². The minimum Gasteiger partial charge on any atom is -0.285 e. The summed E-state index contributed by atoms with van der Waals surface area (Å²) in [5, 5.41) is 2.70. The number of amides is 1. The van der Waals surface area contributed by atoms with Crippen LogP contribution in [0.2, 0.25) is 5.02 Å². The fraction of sp³-hybridized carbons (Fsp3) is 0.231. The smallest absolute Gasteiger partial charge is 0.265 e. The van der Waals surface area contributed by atoms with Gasteiger partial charge in [-0.25, -0.2) is 10.0 Å². The molecule has 2 heterocycles. The number of carbonyl (C=O) groups is 1. The molecule has 3 aromatic carbocycles. The Labute approximate surface area is 197 Å². The van der Waals surface area contributed by atoms with E-state index in [1.807, 2.05) is 59.6 Å². The van der Waals surface area contributed by atoms with Gasteiger partial charge in [-0.05, 0) is 43.2 Å². The van der Waals surface area contributed by atoms with E-state index in [4.69, 9.17) is 16.6 Å². The Morgan fingerprint density at radius 3 is 2.38 bits per heavy atom. The molecule has 4 nitrogen and oxygen atoms in total. The molecule has 0 saturated carbocycles. The molecule has 1 saturated heterocycles. The van der Waals surface area contributed by atoms with Crippen LogP contribution in [0.5, 0.6) is 0 Å². The summed E-state index contributed by atoms with van der Waals surface area (Å²) in [6.45, 7) is 1.80. The molecule has 2 aliphatic rings. The van der Waals surface area contributed by atoms with Crippen molar-refractivity contribution in [1.29, 1.82) is 0 Å². The maximum absolute atomic E-state index is 13.0. The van der Waals surface area contributed by atoms with E-state index in [0.29, 0.717) is 10.6 Å². The van der Waals surface area contributed by atoms with E-state index >= 15 is 0 Å².